The monoisotopic (exact) mass is 226 g/mol. The summed E-state index contributed by atoms with van der Waals surface area (Å²) in [5.41, 5.74) is 6.02. The third-order valence-corrected chi connectivity index (χ3v) is 2.22. The zero-order valence-corrected chi connectivity index (χ0v) is 9.47. The van der Waals surface area contributed by atoms with Gasteiger partial charge in [-0.1, -0.05) is 24.9 Å². The smallest absolute Gasteiger partial charge is 0.131 e. The van der Waals surface area contributed by atoms with Crippen LogP contribution in [0.4, 0.5) is 0 Å². The van der Waals surface area contributed by atoms with Crippen LogP contribution in [-0.2, 0) is 0 Å². The summed E-state index contributed by atoms with van der Waals surface area (Å²) in [4.78, 5) is 0. The molecule has 0 fully saturated rings. The summed E-state index contributed by atoms with van der Waals surface area (Å²) < 4.78 is 5.51. The van der Waals surface area contributed by atoms with Crippen LogP contribution < -0.4 is 10.5 Å². The van der Waals surface area contributed by atoms with Crippen molar-refractivity contribution >= 4 is 17.4 Å². The quantitative estimate of drug-likeness (QED) is 0.461. The van der Waals surface area contributed by atoms with Crippen molar-refractivity contribution in [1.82, 2.24) is 0 Å². The van der Waals surface area contributed by atoms with Crippen LogP contribution in [-0.4, -0.2) is 12.4 Å². The predicted octanol–water partition coefficient (Wildman–Crippen LogP) is 2.80. The van der Waals surface area contributed by atoms with Crippen LogP contribution in [0.3, 0.4) is 0 Å². The average molecular weight is 227 g/mol. The van der Waals surface area contributed by atoms with Gasteiger partial charge in [0.25, 0.3) is 0 Å². The van der Waals surface area contributed by atoms with Crippen molar-refractivity contribution in [2.24, 2.45) is 5.73 Å². The molecular weight excluding hydrogens is 212 g/mol. The highest BCUT2D eigenvalue weighted by atomic mass is 35.5. The third-order valence-electron chi connectivity index (χ3n) is 1.99. The van der Waals surface area contributed by atoms with E-state index in [1.54, 1.807) is 18.2 Å². The van der Waals surface area contributed by atoms with Gasteiger partial charge in [-0.25, -0.2) is 0 Å². The summed E-state index contributed by atoms with van der Waals surface area (Å²) in [6.45, 7) is 2.71. The third kappa shape index (κ3) is 3.44. The van der Waals surface area contributed by atoms with Crippen LogP contribution in [0, 0.1) is 5.41 Å². The molecule has 0 unspecified atom stereocenters. The molecule has 1 aromatic rings. The second-order valence-corrected chi connectivity index (χ2v) is 3.69. The fourth-order valence-corrected chi connectivity index (χ4v) is 1.33. The first-order valence-electron chi connectivity index (χ1n) is 4.92. The summed E-state index contributed by atoms with van der Waals surface area (Å²) in [7, 11) is 0. The zero-order valence-electron chi connectivity index (χ0n) is 8.72. The highest BCUT2D eigenvalue weighted by Gasteiger charge is 2.06. The van der Waals surface area contributed by atoms with Crippen molar-refractivity contribution in [3.8, 4) is 5.75 Å². The van der Waals surface area contributed by atoms with Gasteiger partial charge in [0.1, 0.15) is 11.6 Å². The standard InChI is InChI=1S/C11H15ClN2O/c1-2-3-6-15-10-7-8(12)4-5-9(10)11(13)14/h4-5,7H,2-3,6H2,1H3,(H3,13,14). The van der Waals surface area contributed by atoms with Crippen molar-refractivity contribution in [1.29, 1.82) is 5.41 Å². The Morgan fingerprint density at radius 2 is 2.27 bits per heavy atom. The van der Waals surface area contributed by atoms with Gasteiger partial charge < -0.3 is 10.5 Å². The molecule has 0 aliphatic rings. The van der Waals surface area contributed by atoms with Crippen LogP contribution in [0.2, 0.25) is 5.02 Å². The van der Waals surface area contributed by atoms with Crippen molar-refractivity contribution in [2.45, 2.75) is 19.8 Å². The maximum Gasteiger partial charge on any atom is 0.131 e. The minimum Gasteiger partial charge on any atom is -0.493 e. The molecule has 15 heavy (non-hydrogen) atoms. The molecule has 3 N–H and O–H groups in total. The molecule has 1 aromatic carbocycles. The van der Waals surface area contributed by atoms with Gasteiger partial charge in [-0.2, -0.15) is 0 Å². The molecule has 0 amide bonds. The lowest BCUT2D eigenvalue weighted by molar-refractivity contribution is 0.309. The Balaban J connectivity index is 2.82. The Labute approximate surface area is 94.7 Å². The normalized spacial score (nSPS) is 10.0. The minimum atomic E-state index is -0.00170. The molecule has 0 aliphatic heterocycles. The summed E-state index contributed by atoms with van der Waals surface area (Å²) in [6.07, 6.45) is 2.04. The average Bonchev–Trinajstić information content (AvgIpc) is 2.18. The number of hydrogen-bond acceptors (Lipinski definition) is 2. The minimum absolute atomic E-state index is 0.00170. The van der Waals surface area contributed by atoms with E-state index >= 15 is 0 Å². The molecular formula is C11H15ClN2O. The van der Waals surface area contributed by atoms with Crippen LogP contribution in [0.5, 0.6) is 5.75 Å². The Bertz CT molecular complexity index is 352. The molecule has 3 nitrogen and oxygen atoms in total. The van der Waals surface area contributed by atoms with Crippen molar-refractivity contribution in [3.63, 3.8) is 0 Å². The second-order valence-electron chi connectivity index (χ2n) is 3.26. The number of nitrogens with two attached hydrogens (primary N) is 1. The number of halogens is 1. The maximum absolute atomic E-state index is 7.38. The van der Waals surface area contributed by atoms with Gasteiger partial charge in [-0.3, -0.25) is 5.41 Å². The van der Waals surface area contributed by atoms with Gasteiger partial charge in [0.05, 0.1) is 12.2 Å². The Hall–Kier alpha value is -1.22. The van der Waals surface area contributed by atoms with E-state index in [1.807, 2.05) is 0 Å². The van der Waals surface area contributed by atoms with E-state index in [2.05, 4.69) is 6.92 Å². The van der Waals surface area contributed by atoms with E-state index in [9.17, 15) is 0 Å². The van der Waals surface area contributed by atoms with Gasteiger partial charge in [-0.05, 0) is 24.6 Å². The number of unbranched alkanes of at least 4 members (excludes halogenated alkanes) is 1. The van der Waals surface area contributed by atoms with Crippen molar-refractivity contribution < 1.29 is 4.74 Å². The topological polar surface area (TPSA) is 59.1 Å². The number of hydrogen-bond donors (Lipinski definition) is 2. The van der Waals surface area contributed by atoms with E-state index in [0.29, 0.717) is 22.9 Å². The van der Waals surface area contributed by atoms with Crippen LogP contribution in [0.1, 0.15) is 25.3 Å². The van der Waals surface area contributed by atoms with Crippen LogP contribution >= 0.6 is 11.6 Å². The van der Waals surface area contributed by atoms with E-state index in [1.165, 1.54) is 0 Å². The first-order valence-corrected chi connectivity index (χ1v) is 5.29. The zero-order chi connectivity index (χ0) is 11.3. The van der Waals surface area contributed by atoms with Gasteiger partial charge in [-0.15, -0.1) is 0 Å². The molecule has 0 aliphatic carbocycles. The van der Waals surface area contributed by atoms with Crippen LogP contribution in [0.15, 0.2) is 18.2 Å². The number of rotatable bonds is 5. The fourth-order valence-electron chi connectivity index (χ4n) is 1.16. The lowest BCUT2D eigenvalue weighted by atomic mass is 10.2. The van der Waals surface area contributed by atoms with Gasteiger partial charge >= 0.3 is 0 Å². The molecule has 0 heterocycles. The van der Waals surface area contributed by atoms with E-state index < -0.39 is 0 Å². The largest absolute Gasteiger partial charge is 0.493 e. The Kier molecular flexibility index (Phi) is 4.43. The van der Waals surface area contributed by atoms with Gasteiger partial charge in [0.15, 0.2) is 0 Å². The van der Waals surface area contributed by atoms with Gasteiger partial charge in [0, 0.05) is 5.02 Å². The molecule has 82 valence electrons. The molecule has 0 saturated carbocycles. The first-order chi connectivity index (χ1) is 7.15. The number of nitrogens with one attached hydrogen (secondary N) is 1. The van der Waals surface area contributed by atoms with E-state index in [-0.39, 0.29) is 5.84 Å². The molecule has 0 atom stereocenters. The second kappa shape index (κ2) is 5.61. The van der Waals surface area contributed by atoms with E-state index in [0.717, 1.165) is 12.8 Å². The summed E-state index contributed by atoms with van der Waals surface area (Å²) >= 11 is 5.84. The SMILES string of the molecule is CCCCOc1cc(Cl)ccc1C(=N)N. The number of ether oxygens (including phenoxy) is 1. The summed E-state index contributed by atoms with van der Waals surface area (Å²) in [6, 6.07) is 5.09. The highest BCUT2D eigenvalue weighted by Crippen LogP contribution is 2.23. The molecule has 0 aromatic heterocycles. The van der Waals surface area contributed by atoms with Crippen LogP contribution in [0.25, 0.3) is 0 Å². The van der Waals surface area contributed by atoms with Gasteiger partial charge in [0.2, 0.25) is 0 Å². The van der Waals surface area contributed by atoms with Crippen molar-refractivity contribution in [2.75, 3.05) is 6.61 Å². The number of nitrogen functional groups attached to an aromatic ring is 1. The molecule has 0 bridgehead atoms. The first kappa shape index (κ1) is 11.9. The Morgan fingerprint density at radius 1 is 1.53 bits per heavy atom. The highest BCUT2D eigenvalue weighted by molar-refractivity contribution is 6.30. The molecule has 0 spiro atoms. The summed E-state index contributed by atoms with van der Waals surface area (Å²) in [5, 5.41) is 7.97. The van der Waals surface area contributed by atoms with Crippen molar-refractivity contribution in [3.05, 3.63) is 28.8 Å². The maximum atomic E-state index is 7.38. The molecule has 0 saturated heterocycles. The molecule has 1 rings (SSSR count). The molecule has 4 heteroatoms. The lowest BCUT2D eigenvalue weighted by Crippen LogP contribution is -2.13. The summed E-state index contributed by atoms with van der Waals surface area (Å²) in [5.74, 6) is 0.585. The fraction of sp³-hybridized carbons (Fsp3) is 0.364. The Morgan fingerprint density at radius 3 is 2.87 bits per heavy atom. The van der Waals surface area contributed by atoms with E-state index in [4.69, 9.17) is 27.5 Å². The lowest BCUT2D eigenvalue weighted by Gasteiger charge is -2.10. The molecule has 0 radical (unpaired) electrons. The predicted molar refractivity (Wildman–Crippen MR) is 62.9 cm³/mol. The number of benzene rings is 1. The number of amidine groups is 1.